The van der Waals surface area contributed by atoms with Gasteiger partial charge in [-0.3, -0.25) is 0 Å². The second-order valence-electron chi connectivity index (χ2n) is 6.65. The summed E-state index contributed by atoms with van der Waals surface area (Å²) in [4.78, 5) is 0. The average Bonchev–Trinajstić information content (AvgIpc) is 3.27. The Hall–Kier alpha value is -1.40. The number of halogens is 2. The molecule has 0 atom stereocenters. The number of hydrogen-bond donors (Lipinski definition) is 0. The predicted molar refractivity (Wildman–Crippen MR) is 101 cm³/mol. The van der Waals surface area contributed by atoms with E-state index in [2.05, 4.69) is 91.0 Å². The molecule has 0 aromatic heterocycles. The van der Waals surface area contributed by atoms with E-state index in [-0.39, 0.29) is 24.8 Å². The molecule has 3 aromatic carbocycles. The minimum Gasteiger partial charge on any atom is -1.00 e. The second kappa shape index (κ2) is 8.74. The van der Waals surface area contributed by atoms with Crippen molar-refractivity contribution in [2.45, 2.75) is 10.0 Å². The molecule has 27 heavy (non-hydrogen) atoms. The summed E-state index contributed by atoms with van der Waals surface area (Å²) in [5.74, 6) is 0. The van der Waals surface area contributed by atoms with Crippen molar-refractivity contribution in [3.05, 3.63) is 111 Å². The van der Waals surface area contributed by atoms with Crippen molar-refractivity contribution in [3.63, 3.8) is 0 Å². The van der Waals surface area contributed by atoms with E-state index in [1.807, 2.05) is 0 Å². The first-order valence-electron chi connectivity index (χ1n) is 8.81. The molecule has 0 amide bonds. The molecule has 0 fully saturated rings. The fourth-order valence-electron chi connectivity index (χ4n) is 3.95. The van der Waals surface area contributed by atoms with Gasteiger partial charge in [0.15, 0.2) is 0 Å². The monoisotopic (exact) mass is 466 g/mol. The van der Waals surface area contributed by atoms with E-state index < -0.39 is 23.2 Å². The van der Waals surface area contributed by atoms with Gasteiger partial charge in [-0.05, 0) is 0 Å². The van der Waals surface area contributed by atoms with Crippen LogP contribution in [0.25, 0.3) is 16.7 Å². The maximum absolute atomic E-state index is 2.48. The number of rotatable bonds is 3. The summed E-state index contributed by atoms with van der Waals surface area (Å²) in [6, 6.07) is 28.8. The molecule has 0 aliphatic heterocycles. The molecular formula is C24H18Cl2Zr. The zero-order valence-corrected chi connectivity index (χ0v) is 18.7. The molecule has 0 bridgehead atoms. The first-order valence-corrected chi connectivity index (χ1v) is 11.5. The van der Waals surface area contributed by atoms with Gasteiger partial charge in [0.1, 0.15) is 0 Å². The van der Waals surface area contributed by atoms with Crippen molar-refractivity contribution in [1.82, 2.24) is 0 Å². The van der Waals surface area contributed by atoms with Gasteiger partial charge in [-0.1, -0.05) is 0 Å². The van der Waals surface area contributed by atoms with Crippen LogP contribution in [-0.4, -0.2) is 0 Å². The van der Waals surface area contributed by atoms with Gasteiger partial charge >= 0.3 is 161 Å². The van der Waals surface area contributed by atoms with Crippen LogP contribution in [0, 0.1) is 0 Å². The molecule has 2 aliphatic rings. The molecule has 5 rings (SSSR count). The fraction of sp³-hybridized carbons (Fsp3) is 0.0833. The quantitative estimate of drug-likeness (QED) is 0.516. The Kier molecular flexibility index (Phi) is 6.58. The molecule has 132 valence electrons. The molecular weight excluding hydrogens is 450 g/mol. The van der Waals surface area contributed by atoms with Crippen molar-refractivity contribution in [2.75, 3.05) is 0 Å². The van der Waals surface area contributed by atoms with Crippen molar-refractivity contribution in [3.8, 4) is 11.1 Å². The molecule has 0 saturated carbocycles. The summed E-state index contributed by atoms with van der Waals surface area (Å²) in [7, 11) is 0. The van der Waals surface area contributed by atoms with Crippen LogP contribution < -0.4 is 24.8 Å². The normalized spacial score (nSPS) is 14.1. The van der Waals surface area contributed by atoms with Gasteiger partial charge in [-0.15, -0.1) is 0 Å². The molecule has 3 heteroatoms. The van der Waals surface area contributed by atoms with E-state index in [1.54, 1.807) is 14.4 Å². The van der Waals surface area contributed by atoms with Crippen LogP contribution in [0.4, 0.5) is 0 Å². The van der Waals surface area contributed by atoms with Crippen molar-refractivity contribution < 1.29 is 48.0 Å². The third-order valence-corrected chi connectivity index (χ3v) is 9.15. The molecule has 3 aromatic rings. The van der Waals surface area contributed by atoms with Crippen molar-refractivity contribution in [2.24, 2.45) is 0 Å². The van der Waals surface area contributed by atoms with Crippen LogP contribution in [-0.2, 0) is 23.2 Å². The van der Waals surface area contributed by atoms with Crippen molar-refractivity contribution >= 4 is 5.57 Å². The smallest absolute Gasteiger partial charge is 1.00 e. The van der Waals surface area contributed by atoms with E-state index in [0.717, 1.165) is 6.42 Å². The van der Waals surface area contributed by atoms with Crippen LogP contribution in [0.5, 0.6) is 0 Å². The summed E-state index contributed by atoms with van der Waals surface area (Å²) in [5, 5.41) is 0. The molecule has 0 radical (unpaired) electrons. The maximum atomic E-state index is 2.48. The largest absolute Gasteiger partial charge is 1.00 e. The maximum Gasteiger partial charge on any atom is -1.00 e. The molecule has 0 unspecified atom stereocenters. The first-order chi connectivity index (χ1) is 12.4. The Morgan fingerprint density at radius 3 is 1.85 bits per heavy atom. The van der Waals surface area contributed by atoms with Gasteiger partial charge < -0.3 is 24.8 Å². The van der Waals surface area contributed by atoms with E-state index in [1.165, 1.54) is 22.3 Å². The Bertz CT molecular complexity index is 960. The number of allylic oxidation sites excluding steroid dienone is 4. The summed E-state index contributed by atoms with van der Waals surface area (Å²) in [6.07, 6.45) is 6.04. The average molecular weight is 469 g/mol. The second-order valence-corrected chi connectivity index (χ2v) is 10.4. The summed E-state index contributed by atoms with van der Waals surface area (Å²) in [5.41, 5.74) is 8.80. The minimum absolute atomic E-state index is 0. The summed E-state index contributed by atoms with van der Waals surface area (Å²) >= 11 is -0.715. The Morgan fingerprint density at radius 2 is 1.22 bits per heavy atom. The van der Waals surface area contributed by atoms with Crippen LogP contribution in [0.2, 0.25) is 0 Å². The molecule has 0 heterocycles. The minimum atomic E-state index is -0.715. The first kappa shape index (κ1) is 20.3. The number of fused-ring (bicyclic) bond motifs is 3. The molecule has 0 N–H and O–H groups in total. The Balaban J connectivity index is 0.00000105. The third-order valence-electron chi connectivity index (χ3n) is 5.14. The van der Waals surface area contributed by atoms with Gasteiger partial charge in [-0.25, -0.2) is 0 Å². The van der Waals surface area contributed by atoms with Crippen LogP contribution in [0.15, 0.2) is 94.3 Å². The summed E-state index contributed by atoms with van der Waals surface area (Å²) in [6.45, 7) is 0. The third kappa shape index (κ3) is 3.79. The summed E-state index contributed by atoms with van der Waals surface area (Å²) < 4.78 is 2.37. The van der Waals surface area contributed by atoms with Gasteiger partial charge in [-0.2, -0.15) is 0 Å². The standard InChI is InChI=1S/C13H9.C11H9.2ClH.Zr/c1-3-7-12-10(5-1)9-11-6-2-4-8-13(11)12;1-2-6-10(7-3-1)11-8-4-5-9-11;;;/h1-9H;1-3,6-9H,4H2;2*1H;/q;;;;+2/p-2. The van der Waals surface area contributed by atoms with E-state index in [4.69, 9.17) is 0 Å². The fourth-order valence-corrected chi connectivity index (χ4v) is 8.00. The molecule has 0 nitrogen and oxygen atoms in total. The SMILES string of the molecule is C1=[C]([Zr+2][CH]2c3ccccc3-c3ccccc32)CC=C1c1ccccc1.[Cl-].[Cl-]. The Morgan fingerprint density at radius 1 is 0.667 bits per heavy atom. The molecule has 0 spiro atoms. The van der Waals surface area contributed by atoms with Gasteiger partial charge in [0.05, 0.1) is 0 Å². The number of hydrogen-bond acceptors (Lipinski definition) is 0. The topological polar surface area (TPSA) is 0 Å². The predicted octanol–water partition coefficient (Wildman–Crippen LogP) is 0.218. The van der Waals surface area contributed by atoms with Crippen molar-refractivity contribution in [1.29, 1.82) is 0 Å². The molecule has 2 aliphatic carbocycles. The zero-order valence-electron chi connectivity index (χ0n) is 14.7. The number of benzene rings is 3. The Labute approximate surface area is 184 Å². The van der Waals surface area contributed by atoms with Crippen LogP contribution in [0.1, 0.15) is 26.7 Å². The van der Waals surface area contributed by atoms with E-state index >= 15 is 0 Å². The van der Waals surface area contributed by atoms with Gasteiger partial charge in [0.2, 0.25) is 0 Å². The van der Waals surface area contributed by atoms with E-state index in [0.29, 0.717) is 3.63 Å². The van der Waals surface area contributed by atoms with E-state index in [9.17, 15) is 0 Å². The van der Waals surface area contributed by atoms with Gasteiger partial charge in [0.25, 0.3) is 0 Å². The van der Waals surface area contributed by atoms with Crippen LogP contribution in [0.3, 0.4) is 0 Å². The van der Waals surface area contributed by atoms with Crippen LogP contribution >= 0.6 is 0 Å². The molecule has 0 saturated heterocycles. The van der Waals surface area contributed by atoms with Gasteiger partial charge in [0, 0.05) is 0 Å². The zero-order chi connectivity index (χ0) is 16.6.